The summed E-state index contributed by atoms with van der Waals surface area (Å²) in [7, 11) is 0. The van der Waals surface area contributed by atoms with Gasteiger partial charge in [-0.1, -0.05) is 47.5 Å². The first-order chi connectivity index (χ1) is 18.9. The lowest BCUT2D eigenvalue weighted by atomic mass is 9.97. The zero-order valence-electron chi connectivity index (χ0n) is 20.7. The first kappa shape index (κ1) is 25.9. The van der Waals surface area contributed by atoms with E-state index in [4.69, 9.17) is 16.0 Å². The first-order valence-electron chi connectivity index (χ1n) is 11.8. The van der Waals surface area contributed by atoms with E-state index < -0.39 is 18.2 Å². The zero-order chi connectivity index (χ0) is 28.4. The highest BCUT2D eigenvalue weighted by Crippen LogP contribution is 2.45. The molecule has 6 rings (SSSR count). The van der Waals surface area contributed by atoms with Crippen molar-refractivity contribution in [2.45, 2.75) is 26.3 Å². The molecule has 0 aliphatic carbocycles. The molecule has 2 aromatic heterocycles. The Bertz CT molecular complexity index is 1780. The molecule has 0 saturated heterocycles. The minimum atomic E-state index is -4.72. The van der Waals surface area contributed by atoms with Crippen molar-refractivity contribution in [3.8, 4) is 50.9 Å². The van der Waals surface area contributed by atoms with Crippen molar-refractivity contribution in [1.29, 1.82) is 0 Å². The monoisotopic (exact) mass is 573 g/mol. The van der Waals surface area contributed by atoms with E-state index in [0.717, 1.165) is 27.4 Å². The van der Waals surface area contributed by atoms with E-state index >= 15 is 0 Å². The highest BCUT2D eigenvalue weighted by atomic mass is 35.5. The molecule has 0 saturated carbocycles. The van der Waals surface area contributed by atoms with Crippen LogP contribution < -0.4 is 9.47 Å². The molecule has 0 spiro atoms. The van der Waals surface area contributed by atoms with E-state index in [1.54, 1.807) is 25.1 Å². The fourth-order valence-corrected chi connectivity index (χ4v) is 4.71. The first-order valence-corrected chi connectivity index (χ1v) is 12.2. The molecule has 0 radical (unpaired) electrons. The lowest BCUT2D eigenvalue weighted by Gasteiger charge is -2.13. The van der Waals surface area contributed by atoms with Crippen LogP contribution in [0.4, 0.5) is 22.0 Å². The minimum absolute atomic E-state index is 0.152. The smallest absolute Gasteiger partial charge is 0.440 e. The summed E-state index contributed by atoms with van der Waals surface area (Å²) in [5.41, 5.74) is 2.49. The lowest BCUT2D eigenvalue weighted by Crippen LogP contribution is -2.25. The van der Waals surface area contributed by atoms with E-state index in [0.29, 0.717) is 11.1 Å². The molecule has 0 atom stereocenters. The maximum atomic E-state index is 13.6. The third-order valence-electron chi connectivity index (χ3n) is 6.19. The van der Waals surface area contributed by atoms with Gasteiger partial charge in [0.25, 0.3) is 0 Å². The Morgan fingerprint density at radius 1 is 0.850 bits per heavy atom. The summed E-state index contributed by atoms with van der Waals surface area (Å²) in [5.74, 6) is 0.0311. The number of halogens is 6. The quantitative estimate of drug-likeness (QED) is 0.202. The summed E-state index contributed by atoms with van der Waals surface area (Å²) in [4.78, 5) is 4.44. The summed E-state index contributed by atoms with van der Waals surface area (Å²) in [5, 5.41) is 3.43. The SMILES string of the molecule is Cc1cccc(-c2ccc(-n3nc(C(F)(F)F)cc3Cl)c(-c3oc(C)nc3-c3ccc4c(c3)OC(F)(F)O4)c2)c1. The summed E-state index contributed by atoms with van der Waals surface area (Å²) in [6.45, 7) is 3.52. The van der Waals surface area contributed by atoms with Gasteiger partial charge in [-0.05, 0) is 48.4 Å². The standard InChI is InChI=1S/C28H17ClF5N3O3/c1-14-4-3-5-16(10-14)17-6-8-20(37-24(29)13-23(36-37)27(30,31)32)19(11-17)26-25(35-15(2)38-26)18-7-9-21-22(12-18)40-28(33,34)39-21/h3-13H,1-2H3. The molecule has 0 N–H and O–H groups in total. The van der Waals surface area contributed by atoms with Gasteiger partial charge in [-0.15, -0.1) is 8.78 Å². The number of hydrogen-bond acceptors (Lipinski definition) is 5. The highest BCUT2D eigenvalue weighted by molar-refractivity contribution is 6.30. The van der Waals surface area contributed by atoms with Crippen molar-refractivity contribution in [2.75, 3.05) is 0 Å². The van der Waals surface area contributed by atoms with E-state index in [9.17, 15) is 22.0 Å². The maximum absolute atomic E-state index is 13.6. The van der Waals surface area contributed by atoms with Crippen LogP contribution in [0, 0.1) is 13.8 Å². The predicted molar refractivity (Wildman–Crippen MR) is 136 cm³/mol. The van der Waals surface area contributed by atoms with E-state index in [2.05, 4.69) is 19.6 Å². The van der Waals surface area contributed by atoms with Crippen LogP contribution in [0.3, 0.4) is 0 Å². The molecule has 3 aromatic carbocycles. The van der Waals surface area contributed by atoms with E-state index in [1.807, 2.05) is 31.2 Å². The highest BCUT2D eigenvalue weighted by Gasteiger charge is 2.43. The van der Waals surface area contributed by atoms with Gasteiger partial charge in [0.05, 0.1) is 5.69 Å². The van der Waals surface area contributed by atoms with Crippen LogP contribution >= 0.6 is 11.6 Å². The Hall–Kier alpha value is -4.38. The van der Waals surface area contributed by atoms with Gasteiger partial charge >= 0.3 is 12.5 Å². The summed E-state index contributed by atoms with van der Waals surface area (Å²) in [6.07, 6.45) is -8.54. The molecule has 12 heteroatoms. The fourth-order valence-electron chi connectivity index (χ4n) is 4.47. The number of hydrogen-bond donors (Lipinski definition) is 0. The topological polar surface area (TPSA) is 62.3 Å². The Kier molecular flexibility index (Phi) is 5.88. The zero-order valence-corrected chi connectivity index (χ0v) is 21.4. The summed E-state index contributed by atoms with van der Waals surface area (Å²) >= 11 is 6.23. The number of rotatable bonds is 4. The summed E-state index contributed by atoms with van der Waals surface area (Å²) < 4.78 is 83.6. The van der Waals surface area contributed by atoms with Crippen LogP contribution in [0.1, 0.15) is 17.1 Å². The van der Waals surface area contributed by atoms with E-state index in [1.165, 1.54) is 18.2 Å². The van der Waals surface area contributed by atoms with Crippen LogP contribution in [-0.2, 0) is 6.18 Å². The Labute approximate surface area is 228 Å². The van der Waals surface area contributed by atoms with Crippen LogP contribution in [0.25, 0.3) is 39.4 Å². The molecule has 6 nitrogen and oxygen atoms in total. The molecule has 0 unspecified atom stereocenters. The molecule has 1 aliphatic heterocycles. The number of oxazole rings is 1. The number of aromatic nitrogens is 3. The number of benzene rings is 3. The van der Waals surface area contributed by atoms with Gasteiger partial charge in [-0.3, -0.25) is 0 Å². The Morgan fingerprint density at radius 2 is 1.57 bits per heavy atom. The molecular weight excluding hydrogens is 557 g/mol. The van der Waals surface area contributed by atoms with Gasteiger partial charge in [0.2, 0.25) is 0 Å². The predicted octanol–water partition coefficient (Wildman–Crippen LogP) is 8.47. The number of nitrogens with zero attached hydrogens (tertiary/aromatic N) is 3. The van der Waals surface area contributed by atoms with Crippen molar-refractivity contribution < 1.29 is 35.8 Å². The number of fused-ring (bicyclic) bond motifs is 1. The Morgan fingerprint density at radius 3 is 2.30 bits per heavy atom. The molecule has 0 fully saturated rings. The maximum Gasteiger partial charge on any atom is 0.586 e. The summed E-state index contributed by atoms with van der Waals surface area (Å²) in [6, 6.07) is 17.5. The van der Waals surface area contributed by atoms with Gasteiger partial charge in [0.1, 0.15) is 10.8 Å². The molecule has 0 amide bonds. The lowest BCUT2D eigenvalue weighted by molar-refractivity contribution is -0.286. The Balaban J connectivity index is 1.57. The number of ether oxygens (including phenoxy) is 2. The fraction of sp³-hybridized carbons (Fsp3) is 0.143. The van der Waals surface area contributed by atoms with Gasteiger partial charge < -0.3 is 13.9 Å². The van der Waals surface area contributed by atoms with Crippen LogP contribution in [-0.4, -0.2) is 21.1 Å². The van der Waals surface area contributed by atoms with Crippen LogP contribution in [0.15, 0.2) is 71.1 Å². The van der Waals surface area contributed by atoms with Crippen molar-refractivity contribution in [2.24, 2.45) is 0 Å². The van der Waals surface area contributed by atoms with Gasteiger partial charge in [-0.2, -0.15) is 18.3 Å². The van der Waals surface area contributed by atoms with Crippen molar-refractivity contribution >= 4 is 11.6 Å². The molecule has 3 heterocycles. The second kappa shape index (κ2) is 9.09. The van der Waals surface area contributed by atoms with Crippen molar-refractivity contribution in [3.05, 3.63) is 89.0 Å². The van der Waals surface area contributed by atoms with Gasteiger partial charge in [0, 0.05) is 24.1 Å². The van der Waals surface area contributed by atoms with Crippen LogP contribution in [0.5, 0.6) is 11.5 Å². The largest absolute Gasteiger partial charge is 0.586 e. The minimum Gasteiger partial charge on any atom is -0.440 e. The molecule has 1 aliphatic rings. The average Bonchev–Trinajstić information content (AvgIpc) is 3.56. The van der Waals surface area contributed by atoms with Gasteiger partial charge in [-0.25, -0.2) is 9.67 Å². The van der Waals surface area contributed by atoms with Crippen LogP contribution in [0.2, 0.25) is 5.15 Å². The third kappa shape index (κ3) is 4.66. The number of aryl methyl sites for hydroxylation is 2. The molecular formula is C28H17ClF5N3O3. The third-order valence-corrected chi connectivity index (χ3v) is 6.46. The second-order valence-corrected chi connectivity index (χ2v) is 9.49. The van der Waals surface area contributed by atoms with Gasteiger partial charge in [0.15, 0.2) is 28.8 Å². The van der Waals surface area contributed by atoms with Crippen molar-refractivity contribution in [1.82, 2.24) is 14.8 Å². The van der Waals surface area contributed by atoms with Crippen molar-refractivity contribution in [3.63, 3.8) is 0 Å². The second-order valence-electron chi connectivity index (χ2n) is 9.10. The molecule has 40 heavy (non-hydrogen) atoms. The molecule has 0 bridgehead atoms. The normalized spacial score (nSPS) is 14.1. The molecule has 5 aromatic rings. The molecule has 204 valence electrons. The average molecular weight is 574 g/mol. The number of alkyl halides is 5. The van der Waals surface area contributed by atoms with E-state index in [-0.39, 0.29) is 39.7 Å².